The number of hydrogen-bond acceptors (Lipinski definition) is 14. The number of phenolic OH excluding ortho intramolecular Hbond substituents is 1. The van der Waals surface area contributed by atoms with Gasteiger partial charge in [-0.2, -0.15) is 4.73 Å². The fraction of sp³-hybridized carbons (Fsp3) is 0.310. The highest BCUT2D eigenvalue weighted by atomic mass is 16.8. The van der Waals surface area contributed by atoms with Crippen LogP contribution in [0.4, 0.5) is 0 Å². The van der Waals surface area contributed by atoms with Gasteiger partial charge in [0.1, 0.15) is 41.2 Å². The second kappa shape index (κ2) is 17.3. The lowest BCUT2D eigenvalue weighted by Gasteiger charge is -2.42. The first kappa shape index (κ1) is 41.0. The van der Waals surface area contributed by atoms with Crippen molar-refractivity contribution in [1.82, 2.24) is 15.0 Å². The third kappa shape index (κ3) is 8.52. The fourth-order valence-corrected chi connectivity index (χ4v) is 7.12. The molecule has 0 spiro atoms. The van der Waals surface area contributed by atoms with Gasteiger partial charge in [0, 0.05) is 29.8 Å². The second-order valence-corrected chi connectivity index (χ2v) is 14.2. The number of fused-ring (bicyclic) bond motifs is 2. The summed E-state index contributed by atoms with van der Waals surface area (Å²) in [5, 5.41) is 65.6. The minimum atomic E-state index is -2.29. The molecule has 17 heteroatoms. The largest absolute Gasteiger partial charge is 0.508 e. The summed E-state index contributed by atoms with van der Waals surface area (Å²) in [5.41, 5.74) is 4.47. The van der Waals surface area contributed by atoms with Gasteiger partial charge in [-0.3, -0.25) is 10.1 Å². The molecule has 0 bridgehead atoms. The molecule has 4 heterocycles. The Kier molecular flexibility index (Phi) is 12.0. The second-order valence-electron chi connectivity index (χ2n) is 14.2. The number of unbranched alkanes of at least 4 members (excludes halogenated alkanes) is 1. The molecule has 0 aliphatic carbocycles. The van der Waals surface area contributed by atoms with E-state index in [9.17, 15) is 45.0 Å². The number of carboxylic acids is 1. The molecule has 310 valence electrons. The lowest BCUT2D eigenvalue weighted by atomic mass is 9.98. The minimum Gasteiger partial charge on any atom is -0.508 e. The Balaban J connectivity index is 1.24. The average Bonchev–Trinajstić information content (AvgIpc) is 3.79. The number of hydrogen-bond donors (Lipinski definition) is 8. The summed E-state index contributed by atoms with van der Waals surface area (Å²) in [7, 11) is 1.19. The minimum absolute atomic E-state index is 0.0288. The summed E-state index contributed by atoms with van der Waals surface area (Å²) in [4.78, 5) is 47.3. The highest BCUT2D eigenvalue weighted by Crippen LogP contribution is 2.34. The average molecular weight is 814 g/mol. The van der Waals surface area contributed by atoms with Gasteiger partial charge in [-0.05, 0) is 86.8 Å². The van der Waals surface area contributed by atoms with Crippen molar-refractivity contribution in [2.45, 2.75) is 69.2 Å². The molecule has 3 aromatic carbocycles. The molecule has 8 N–H and O–H groups in total. The Labute approximate surface area is 335 Å². The SMILES string of the molecule is CN[C@H](C(=O)O)C(=O)O[C@H](O)[C@@H]1O[C@H](Oc2ccc3c(=O)c(-c4ccc(O)cc4)coc3c2)[C@@H](On2cc3cc[nH]c3c2-c2cc(C)cc(CCCCO)c2)[C@H](O)[C@H]1O. The van der Waals surface area contributed by atoms with Crippen LogP contribution in [0, 0.1) is 6.92 Å². The van der Waals surface area contributed by atoms with Crippen LogP contribution in [0.1, 0.15) is 24.0 Å². The Hall–Kier alpha value is -6.21. The maximum absolute atomic E-state index is 13.5. The molecule has 0 amide bonds. The monoisotopic (exact) mass is 813 g/mol. The van der Waals surface area contributed by atoms with E-state index in [4.69, 9.17) is 23.5 Å². The number of carbonyl (C=O) groups is 2. The summed E-state index contributed by atoms with van der Waals surface area (Å²) in [6.07, 6.45) is -4.48. The molecule has 6 aromatic rings. The Morgan fingerprint density at radius 2 is 1.78 bits per heavy atom. The predicted molar refractivity (Wildman–Crippen MR) is 210 cm³/mol. The van der Waals surface area contributed by atoms with Crippen LogP contribution in [0.2, 0.25) is 0 Å². The first-order valence-electron chi connectivity index (χ1n) is 18.8. The van der Waals surface area contributed by atoms with Gasteiger partial charge in [-0.15, -0.1) is 0 Å². The summed E-state index contributed by atoms with van der Waals surface area (Å²) in [6.45, 7) is 2.03. The number of aromatic hydroxyl groups is 1. The van der Waals surface area contributed by atoms with E-state index in [1.54, 1.807) is 24.5 Å². The molecule has 3 aromatic heterocycles. The molecule has 59 heavy (non-hydrogen) atoms. The highest BCUT2D eigenvalue weighted by molar-refractivity contribution is 5.98. The zero-order valence-electron chi connectivity index (χ0n) is 31.8. The summed E-state index contributed by atoms with van der Waals surface area (Å²) >= 11 is 0. The number of aliphatic hydroxyl groups excluding tert-OH is 4. The number of nitrogens with zero attached hydrogens (tertiary/aromatic N) is 1. The number of carboxylic acid groups (broad SMARTS) is 1. The van der Waals surface area contributed by atoms with Crippen molar-refractivity contribution in [3.05, 3.63) is 107 Å². The van der Waals surface area contributed by atoms with E-state index in [1.807, 2.05) is 31.2 Å². The molecular formula is C42H43N3O14. The normalized spacial score (nSPS) is 20.3. The van der Waals surface area contributed by atoms with Gasteiger partial charge in [0.05, 0.1) is 22.7 Å². The summed E-state index contributed by atoms with van der Waals surface area (Å²) < 4.78 is 24.4. The number of rotatable bonds is 15. The van der Waals surface area contributed by atoms with E-state index in [0.717, 1.165) is 28.5 Å². The van der Waals surface area contributed by atoms with Crippen molar-refractivity contribution in [2.24, 2.45) is 0 Å². The fourth-order valence-electron chi connectivity index (χ4n) is 7.12. The van der Waals surface area contributed by atoms with E-state index in [0.29, 0.717) is 29.6 Å². The van der Waals surface area contributed by atoms with Gasteiger partial charge in [0.25, 0.3) is 0 Å². The summed E-state index contributed by atoms with van der Waals surface area (Å²) in [6, 6.07) is 16.2. The van der Waals surface area contributed by atoms with Crippen LogP contribution in [0.5, 0.6) is 11.5 Å². The highest BCUT2D eigenvalue weighted by Gasteiger charge is 2.52. The first-order valence-corrected chi connectivity index (χ1v) is 18.8. The van der Waals surface area contributed by atoms with Crippen LogP contribution in [0.15, 0.2) is 94.6 Å². The van der Waals surface area contributed by atoms with Crippen molar-refractivity contribution < 1.29 is 63.7 Å². The first-order chi connectivity index (χ1) is 28.4. The zero-order chi connectivity index (χ0) is 42.0. The van der Waals surface area contributed by atoms with Gasteiger partial charge >= 0.3 is 11.9 Å². The van der Waals surface area contributed by atoms with Crippen LogP contribution in [-0.2, 0) is 25.5 Å². The number of aromatic nitrogens is 2. The van der Waals surface area contributed by atoms with E-state index >= 15 is 0 Å². The third-order valence-corrected chi connectivity index (χ3v) is 10.1. The molecule has 1 fully saturated rings. The Morgan fingerprint density at radius 1 is 1.00 bits per heavy atom. The Bertz CT molecular complexity index is 2510. The molecule has 0 radical (unpaired) electrons. The van der Waals surface area contributed by atoms with Crippen molar-refractivity contribution in [2.75, 3.05) is 13.7 Å². The van der Waals surface area contributed by atoms with Gasteiger partial charge in [-0.25, -0.2) is 9.59 Å². The molecule has 0 saturated carbocycles. The van der Waals surface area contributed by atoms with Crippen molar-refractivity contribution in [3.63, 3.8) is 0 Å². The maximum atomic E-state index is 13.5. The number of aromatic amines is 1. The number of phenols is 1. The van der Waals surface area contributed by atoms with Crippen LogP contribution in [-0.4, -0.2) is 109 Å². The number of H-pyrrole nitrogens is 1. The smallest absolute Gasteiger partial charge is 0.337 e. The lowest BCUT2D eigenvalue weighted by molar-refractivity contribution is -0.318. The third-order valence-electron chi connectivity index (χ3n) is 10.1. The van der Waals surface area contributed by atoms with Crippen molar-refractivity contribution >= 4 is 33.8 Å². The van der Waals surface area contributed by atoms with E-state index in [2.05, 4.69) is 10.3 Å². The van der Waals surface area contributed by atoms with Crippen LogP contribution in [0.25, 0.3) is 44.3 Å². The Morgan fingerprint density at radius 3 is 2.51 bits per heavy atom. The number of nitrogens with one attached hydrogen (secondary N) is 2. The van der Waals surface area contributed by atoms with Gasteiger partial charge < -0.3 is 59.1 Å². The zero-order valence-corrected chi connectivity index (χ0v) is 31.8. The number of aryl methyl sites for hydroxylation is 2. The van der Waals surface area contributed by atoms with Crippen LogP contribution < -0.4 is 20.3 Å². The van der Waals surface area contributed by atoms with E-state index < -0.39 is 55.0 Å². The maximum Gasteiger partial charge on any atom is 0.337 e. The number of aliphatic hydroxyl groups is 4. The number of ether oxygens (including phenoxy) is 3. The van der Waals surface area contributed by atoms with Crippen LogP contribution in [0.3, 0.4) is 0 Å². The quantitative estimate of drug-likeness (QED) is 0.0321. The van der Waals surface area contributed by atoms with Crippen molar-refractivity contribution in [3.8, 4) is 33.9 Å². The number of esters is 1. The molecule has 1 aliphatic heterocycles. The van der Waals surface area contributed by atoms with E-state index in [-0.39, 0.29) is 40.1 Å². The van der Waals surface area contributed by atoms with Gasteiger partial charge in [0.2, 0.25) is 24.7 Å². The van der Waals surface area contributed by atoms with Gasteiger partial charge in [-0.1, -0.05) is 23.8 Å². The predicted octanol–water partition coefficient (Wildman–Crippen LogP) is 2.60. The standard InChI is InChI=1S/C42H43N3O14/c1-21-15-22(5-3-4-14-46)17-25(16-21)33-31-24(12-13-44-31)19-45(33)59-38-36(50)35(49)37(41(54)58-40(53)32(43-2)39(51)52)57-42(38)56-27-10-11-28-30(18-27)55-20-29(34(28)48)23-6-8-26(47)9-7-23/h6-13,15-20,32,35-38,41-44,46-47,49-50,54H,3-5,14H2,1-2H3,(H,51,52)/t32-,35-,36-,37-,38+,41+,42+/m1/s1. The van der Waals surface area contributed by atoms with Gasteiger partial charge in [0.15, 0.2) is 11.5 Å². The van der Waals surface area contributed by atoms with Crippen LogP contribution >= 0.6 is 0 Å². The molecule has 1 aliphatic rings. The molecule has 7 rings (SSSR count). The summed E-state index contributed by atoms with van der Waals surface area (Å²) in [5.74, 6) is -2.92. The number of likely N-dealkylation sites (N-methyl/N-ethyl adjacent to an activating group) is 1. The molecule has 1 saturated heterocycles. The lowest BCUT2D eigenvalue weighted by Crippen LogP contribution is -2.65. The van der Waals surface area contributed by atoms with E-state index in [1.165, 1.54) is 48.4 Å². The molecule has 7 atom stereocenters. The molecular weight excluding hydrogens is 770 g/mol. The number of aliphatic carboxylic acids is 1. The van der Waals surface area contributed by atoms with Crippen molar-refractivity contribution in [1.29, 1.82) is 0 Å². The number of carbonyl (C=O) groups excluding carboxylic acids is 1. The molecule has 0 unspecified atom stereocenters. The molecule has 17 nitrogen and oxygen atoms in total. The number of benzene rings is 3. The topological polar surface area (TPSA) is 255 Å².